The third-order valence-electron chi connectivity index (χ3n) is 4.22. The molecular weight excluding hydrogens is 449 g/mol. The zero-order valence-corrected chi connectivity index (χ0v) is 18.3. The van der Waals surface area contributed by atoms with Crippen LogP contribution < -0.4 is 16.0 Å². The predicted octanol–water partition coefficient (Wildman–Crippen LogP) is 3.81. The number of ether oxygens (including phenoxy) is 1. The van der Waals surface area contributed by atoms with Gasteiger partial charge in [-0.25, -0.2) is 0 Å². The molecule has 30 heavy (non-hydrogen) atoms. The molecule has 0 aromatic heterocycles. The molecule has 0 saturated carbocycles. The summed E-state index contributed by atoms with van der Waals surface area (Å²) in [5, 5.41) is 8.33. The van der Waals surface area contributed by atoms with Crippen molar-refractivity contribution in [3.8, 4) is 0 Å². The molecule has 3 rings (SSSR count). The second-order valence-corrected chi connectivity index (χ2v) is 8.52. The number of methoxy groups -OCH3 is 1. The Morgan fingerprint density at radius 3 is 2.73 bits per heavy atom. The van der Waals surface area contributed by atoms with Gasteiger partial charge in [0.25, 0.3) is 5.91 Å². The molecule has 2 aromatic carbocycles. The van der Waals surface area contributed by atoms with Gasteiger partial charge < -0.3 is 20.7 Å². The molecule has 0 bridgehead atoms. The summed E-state index contributed by atoms with van der Waals surface area (Å²) in [6.07, 6.45) is -0.0184. The zero-order chi connectivity index (χ0) is 21.7. The molecule has 7 nitrogen and oxygen atoms in total. The minimum atomic E-state index is -0.569. The first kappa shape index (κ1) is 22.4. The Kier molecular flexibility index (Phi) is 7.60. The van der Waals surface area contributed by atoms with E-state index in [2.05, 4.69) is 16.0 Å². The largest absolute Gasteiger partial charge is 0.383 e. The van der Waals surface area contributed by atoms with Gasteiger partial charge in [-0.1, -0.05) is 23.2 Å². The van der Waals surface area contributed by atoms with E-state index in [0.29, 0.717) is 35.1 Å². The van der Waals surface area contributed by atoms with Gasteiger partial charge in [0.2, 0.25) is 11.8 Å². The Morgan fingerprint density at radius 2 is 2.00 bits per heavy atom. The van der Waals surface area contributed by atoms with E-state index in [1.807, 2.05) is 6.07 Å². The van der Waals surface area contributed by atoms with Gasteiger partial charge in [0.1, 0.15) is 0 Å². The number of carbonyl (C=O) groups excluding carboxylic acids is 3. The molecule has 10 heteroatoms. The summed E-state index contributed by atoms with van der Waals surface area (Å²) in [7, 11) is 1.54. The van der Waals surface area contributed by atoms with Crippen molar-refractivity contribution < 1.29 is 19.1 Å². The van der Waals surface area contributed by atoms with Crippen molar-refractivity contribution in [1.82, 2.24) is 5.32 Å². The molecule has 158 valence electrons. The first-order valence-corrected chi connectivity index (χ1v) is 10.6. The van der Waals surface area contributed by atoms with Gasteiger partial charge in [-0.15, -0.1) is 11.8 Å². The van der Waals surface area contributed by atoms with Gasteiger partial charge in [0, 0.05) is 35.7 Å². The highest BCUT2D eigenvalue weighted by Gasteiger charge is 2.29. The van der Waals surface area contributed by atoms with Crippen LogP contribution in [0, 0.1) is 0 Å². The highest BCUT2D eigenvalue weighted by Crippen LogP contribution is 2.38. The Labute approximate surface area is 187 Å². The zero-order valence-electron chi connectivity index (χ0n) is 16.0. The number of hydrogen-bond donors (Lipinski definition) is 3. The Hall–Kier alpha value is -2.26. The summed E-state index contributed by atoms with van der Waals surface area (Å²) in [6, 6.07) is 9.82. The van der Waals surface area contributed by atoms with Crippen LogP contribution in [0.2, 0.25) is 10.0 Å². The average molecular weight is 468 g/mol. The first-order chi connectivity index (χ1) is 14.4. The maximum absolute atomic E-state index is 12.4. The molecule has 1 aliphatic heterocycles. The van der Waals surface area contributed by atoms with Crippen molar-refractivity contribution in [2.24, 2.45) is 0 Å². The summed E-state index contributed by atoms with van der Waals surface area (Å²) in [4.78, 5) is 37.7. The molecule has 0 saturated heterocycles. The summed E-state index contributed by atoms with van der Waals surface area (Å²) >= 11 is 13.4. The van der Waals surface area contributed by atoms with Gasteiger partial charge >= 0.3 is 0 Å². The standard InChI is InChI=1S/C20H19Cl2N3O4S/c1-29-7-6-23-19(27)13-4-3-12(9-14(13)22)24-18(26)10-17-20(28)25-15-8-11(21)2-5-16(15)30-17/h2-5,8-9,17H,6-7,10H2,1H3,(H,23,27)(H,24,26)(H,25,28). The number of nitrogens with one attached hydrogen (secondary N) is 3. The van der Waals surface area contributed by atoms with Crippen LogP contribution in [-0.2, 0) is 14.3 Å². The summed E-state index contributed by atoms with van der Waals surface area (Å²) in [5.41, 5.74) is 1.37. The summed E-state index contributed by atoms with van der Waals surface area (Å²) in [5.74, 6) is -0.927. The lowest BCUT2D eigenvalue weighted by molar-refractivity contribution is -0.120. The number of rotatable bonds is 7. The van der Waals surface area contributed by atoms with Crippen LogP contribution in [0.15, 0.2) is 41.3 Å². The van der Waals surface area contributed by atoms with Crippen molar-refractivity contribution >= 4 is 64.1 Å². The maximum Gasteiger partial charge on any atom is 0.252 e. The highest BCUT2D eigenvalue weighted by molar-refractivity contribution is 8.01. The Morgan fingerprint density at radius 1 is 1.20 bits per heavy atom. The topological polar surface area (TPSA) is 96.5 Å². The van der Waals surface area contributed by atoms with Crippen molar-refractivity contribution in [2.45, 2.75) is 16.6 Å². The van der Waals surface area contributed by atoms with Gasteiger partial charge in [0.15, 0.2) is 0 Å². The lowest BCUT2D eigenvalue weighted by Crippen LogP contribution is -2.32. The molecule has 0 aliphatic carbocycles. The predicted molar refractivity (Wildman–Crippen MR) is 119 cm³/mol. The molecular formula is C20H19Cl2N3O4S. The molecule has 0 spiro atoms. The first-order valence-electron chi connectivity index (χ1n) is 9.01. The maximum atomic E-state index is 12.4. The SMILES string of the molecule is COCCNC(=O)c1ccc(NC(=O)CC2Sc3ccc(Cl)cc3NC2=O)cc1Cl. The lowest BCUT2D eigenvalue weighted by Gasteiger charge is -2.23. The number of fused-ring (bicyclic) bond motifs is 1. The van der Waals surface area contributed by atoms with Gasteiger partial charge in [-0.2, -0.15) is 0 Å². The van der Waals surface area contributed by atoms with Crippen molar-refractivity contribution in [3.63, 3.8) is 0 Å². The number of hydrogen-bond acceptors (Lipinski definition) is 5. The van der Waals surface area contributed by atoms with Gasteiger partial charge in [-0.3, -0.25) is 14.4 Å². The van der Waals surface area contributed by atoms with Gasteiger partial charge in [0.05, 0.1) is 28.1 Å². The van der Waals surface area contributed by atoms with Crippen molar-refractivity contribution in [2.75, 3.05) is 30.9 Å². The highest BCUT2D eigenvalue weighted by atomic mass is 35.5. The fourth-order valence-corrected chi connectivity index (χ4v) is 4.31. The number of benzene rings is 2. The molecule has 3 N–H and O–H groups in total. The number of amides is 3. The van der Waals surface area contributed by atoms with Crippen molar-refractivity contribution in [3.05, 3.63) is 52.0 Å². The lowest BCUT2D eigenvalue weighted by atomic mass is 10.1. The molecule has 2 aromatic rings. The average Bonchev–Trinajstić information content (AvgIpc) is 2.69. The number of carbonyl (C=O) groups is 3. The van der Waals surface area contributed by atoms with Crippen LogP contribution in [0.3, 0.4) is 0 Å². The van der Waals surface area contributed by atoms with E-state index in [1.54, 1.807) is 25.3 Å². The van der Waals surface area contributed by atoms with Crippen LogP contribution >= 0.6 is 35.0 Å². The van der Waals surface area contributed by atoms with Crippen molar-refractivity contribution in [1.29, 1.82) is 0 Å². The smallest absolute Gasteiger partial charge is 0.252 e. The third-order valence-corrected chi connectivity index (χ3v) is 6.04. The number of anilines is 2. The normalized spacial score (nSPS) is 15.2. The fourth-order valence-electron chi connectivity index (χ4n) is 2.78. The molecule has 1 unspecified atom stereocenters. The Bertz CT molecular complexity index is 987. The van der Waals surface area contributed by atoms with Crippen LogP contribution in [0.25, 0.3) is 0 Å². The summed E-state index contributed by atoms with van der Waals surface area (Å²) < 4.78 is 4.88. The monoisotopic (exact) mass is 467 g/mol. The quantitative estimate of drug-likeness (QED) is 0.537. The minimum absolute atomic E-state index is 0.0184. The van der Waals surface area contributed by atoms with Crippen LogP contribution in [0.4, 0.5) is 11.4 Å². The van der Waals surface area contributed by atoms with Crippen LogP contribution in [0.1, 0.15) is 16.8 Å². The summed E-state index contributed by atoms with van der Waals surface area (Å²) in [6.45, 7) is 0.752. The van der Waals surface area contributed by atoms with E-state index in [1.165, 1.54) is 23.9 Å². The molecule has 1 aliphatic rings. The van der Waals surface area contributed by atoms with E-state index in [-0.39, 0.29) is 29.2 Å². The Balaban J connectivity index is 1.59. The minimum Gasteiger partial charge on any atom is -0.383 e. The molecule has 1 heterocycles. The van der Waals surface area contributed by atoms with E-state index in [9.17, 15) is 14.4 Å². The number of halogens is 2. The van der Waals surface area contributed by atoms with E-state index < -0.39 is 5.25 Å². The van der Waals surface area contributed by atoms with Crippen LogP contribution in [0.5, 0.6) is 0 Å². The molecule has 1 atom stereocenters. The molecule has 3 amide bonds. The van der Waals surface area contributed by atoms with E-state index >= 15 is 0 Å². The fraction of sp³-hybridized carbons (Fsp3) is 0.250. The third kappa shape index (κ3) is 5.66. The molecule has 0 radical (unpaired) electrons. The van der Waals surface area contributed by atoms with Gasteiger partial charge in [-0.05, 0) is 36.4 Å². The number of thioether (sulfide) groups is 1. The van der Waals surface area contributed by atoms with E-state index in [0.717, 1.165) is 4.90 Å². The second kappa shape index (κ2) is 10.2. The second-order valence-electron chi connectivity index (χ2n) is 6.43. The van der Waals surface area contributed by atoms with E-state index in [4.69, 9.17) is 27.9 Å². The van der Waals surface area contributed by atoms with Crippen LogP contribution in [-0.4, -0.2) is 43.2 Å². The molecule has 0 fully saturated rings.